The van der Waals surface area contributed by atoms with Crippen LogP contribution >= 0.6 is 11.3 Å². The molecule has 2 aromatic heterocycles. The molecule has 12 aromatic rings. The standard InChI is InChI=1S/C56H35NOS/c1-2-15-36(16-3-1)41-31-29-38(50-33-37-17-4-5-18-40(37)42-19-6-7-20-43(42)50)34-52(41)57(39-30-32-47-46-23-10-13-28-54(46)59-55(47)35-39)51-26-11-8-21-44(51)48-24-14-25-49-45-22-9-12-27-53(45)58-56(48)49/h1-35H. The van der Waals surface area contributed by atoms with Crippen molar-refractivity contribution in [2.45, 2.75) is 0 Å². The predicted molar refractivity (Wildman–Crippen MR) is 253 cm³/mol. The van der Waals surface area contributed by atoms with E-state index in [2.05, 4.69) is 211 Å². The molecule has 0 saturated heterocycles. The lowest BCUT2D eigenvalue weighted by atomic mass is 9.91. The third-order valence-electron chi connectivity index (χ3n) is 11.9. The van der Waals surface area contributed by atoms with Gasteiger partial charge in [-0.05, 0) is 80.7 Å². The molecule has 12 rings (SSSR count). The van der Waals surface area contributed by atoms with Crippen molar-refractivity contribution in [1.82, 2.24) is 0 Å². The average molecular weight is 770 g/mol. The van der Waals surface area contributed by atoms with Crippen molar-refractivity contribution in [3.63, 3.8) is 0 Å². The van der Waals surface area contributed by atoms with Gasteiger partial charge in [-0.15, -0.1) is 11.3 Å². The minimum Gasteiger partial charge on any atom is -0.455 e. The van der Waals surface area contributed by atoms with Crippen LogP contribution in [0.2, 0.25) is 0 Å². The van der Waals surface area contributed by atoms with Gasteiger partial charge in [0.1, 0.15) is 11.2 Å². The molecule has 2 heterocycles. The van der Waals surface area contributed by atoms with E-state index in [1.165, 1.54) is 47.3 Å². The summed E-state index contributed by atoms with van der Waals surface area (Å²) in [6.45, 7) is 0. The van der Waals surface area contributed by atoms with Crippen molar-refractivity contribution in [2.75, 3.05) is 4.90 Å². The first-order chi connectivity index (χ1) is 29.3. The molecule has 0 radical (unpaired) electrons. The molecular formula is C56H35NOS. The molecule has 0 saturated carbocycles. The molecule has 0 spiro atoms. The van der Waals surface area contributed by atoms with E-state index in [9.17, 15) is 0 Å². The molecule has 276 valence electrons. The fourth-order valence-corrected chi connectivity index (χ4v) is 10.3. The second-order valence-electron chi connectivity index (χ2n) is 15.2. The van der Waals surface area contributed by atoms with E-state index in [4.69, 9.17) is 4.42 Å². The molecule has 59 heavy (non-hydrogen) atoms. The molecule has 10 aromatic carbocycles. The van der Waals surface area contributed by atoms with Gasteiger partial charge in [0, 0.05) is 53.3 Å². The third-order valence-corrected chi connectivity index (χ3v) is 13.0. The second-order valence-corrected chi connectivity index (χ2v) is 16.3. The van der Waals surface area contributed by atoms with Crippen molar-refractivity contribution >= 4 is 92.1 Å². The maximum Gasteiger partial charge on any atom is 0.143 e. The number of fused-ring (bicyclic) bond motifs is 9. The van der Waals surface area contributed by atoms with E-state index in [0.29, 0.717) is 0 Å². The van der Waals surface area contributed by atoms with Crippen LogP contribution in [-0.2, 0) is 0 Å². The Hall–Kier alpha value is -7.46. The Morgan fingerprint density at radius 3 is 1.92 bits per heavy atom. The zero-order valence-corrected chi connectivity index (χ0v) is 32.8. The Balaban J connectivity index is 1.17. The number of rotatable bonds is 6. The van der Waals surface area contributed by atoms with Crippen LogP contribution in [0.25, 0.3) is 97.0 Å². The molecule has 0 aliphatic rings. The highest BCUT2D eigenvalue weighted by atomic mass is 32.1. The summed E-state index contributed by atoms with van der Waals surface area (Å²) in [7, 11) is 0. The topological polar surface area (TPSA) is 16.4 Å². The molecule has 3 heteroatoms. The third kappa shape index (κ3) is 5.47. The van der Waals surface area contributed by atoms with Gasteiger partial charge in [-0.3, -0.25) is 0 Å². The van der Waals surface area contributed by atoms with Gasteiger partial charge in [-0.25, -0.2) is 0 Å². The first-order valence-electron chi connectivity index (χ1n) is 20.1. The van der Waals surface area contributed by atoms with Gasteiger partial charge in [0.2, 0.25) is 0 Å². The van der Waals surface area contributed by atoms with Gasteiger partial charge in [0.15, 0.2) is 0 Å². The van der Waals surface area contributed by atoms with Gasteiger partial charge >= 0.3 is 0 Å². The van der Waals surface area contributed by atoms with Gasteiger partial charge in [0.05, 0.1) is 11.4 Å². The lowest BCUT2D eigenvalue weighted by molar-refractivity contribution is 0.670. The van der Waals surface area contributed by atoms with Crippen molar-refractivity contribution in [2.24, 2.45) is 0 Å². The summed E-state index contributed by atoms with van der Waals surface area (Å²) in [5.74, 6) is 0. The molecular weight excluding hydrogens is 735 g/mol. The Labute approximate surface area is 345 Å². The van der Waals surface area contributed by atoms with Gasteiger partial charge in [-0.1, -0.05) is 170 Å². The van der Waals surface area contributed by atoms with E-state index < -0.39 is 0 Å². The fraction of sp³-hybridized carbons (Fsp3) is 0. The van der Waals surface area contributed by atoms with Crippen molar-refractivity contribution in [1.29, 1.82) is 0 Å². The Morgan fingerprint density at radius 1 is 0.339 bits per heavy atom. The minimum atomic E-state index is 0.890. The normalized spacial score (nSPS) is 11.7. The highest BCUT2D eigenvalue weighted by molar-refractivity contribution is 7.25. The zero-order chi connectivity index (χ0) is 38.9. The monoisotopic (exact) mass is 769 g/mol. The molecule has 0 bridgehead atoms. The largest absolute Gasteiger partial charge is 0.455 e. The van der Waals surface area contributed by atoms with Crippen molar-refractivity contribution in [3.05, 3.63) is 212 Å². The Bertz CT molecular complexity index is 3580. The summed E-state index contributed by atoms with van der Waals surface area (Å²) < 4.78 is 9.25. The van der Waals surface area contributed by atoms with E-state index in [-0.39, 0.29) is 0 Å². The Morgan fingerprint density at radius 2 is 1.02 bits per heavy atom. The van der Waals surface area contributed by atoms with Crippen LogP contribution in [0.3, 0.4) is 0 Å². The van der Waals surface area contributed by atoms with Crippen molar-refractivity contribution < 1.29 is 4.42 Å². The molecule has 0 atom stereocenters. The van der Waals surface area contributed by atoms with Gasteiger partial charge in [0.25, 0.3) is 0 Å². The van der Waals surface area contributed by atoms with Crippen LogP contribution in [0, 0.1) is 0 Å². The van der Waals surface area contributed by atoms with Crippen LogP contribution in [-0.4, -0.2) is 0 Å². The van der Waals surface area contributed by atoms with E-state index in [1.54, 1.807) is 0 Å². The van der Waals surface area contributed by atoms with E-state index >= 15 is 0 Å². The summed E-state index contributed by atoms with van der Waals surface area (Å²) in [4.78, 5) is 2.48. The van der Waals surface area contributed by atoms with Crippen LogP contribution in [0.4, 0.5) is 17.1 Å². The number of nitrogens with zero attached hydrogens (tertiary/aromatic N) is 1. The number of hydrogen-bond donors (Lipinski definition) is 0. The van der Waals surface area contributed by atoms with Crippen LogP contribution in [0.5, 0.6) is 0 Å². The number of hydrogen-bond acceptors (Lipinski definition) is 3. The zero-order valence-electron chi connectivity index (χ0n) is 32.0. The number of anilines is 3. The summed E-state index contributed by atoms with van der Waals surface area (Å²) in [5.41, 5.74) is 11.8. The number of furan rings is 1. The summed E-state index contributed by atoms with van der Waals surface area (Å²) in [6.07, 6.45) is 0. The average Bonchev–Trinajstić information content (AvgIpc) is 3.88. The summed E-state index contributed by atoms with van der Waals surface area (Å²) in [6, 6.07) is 77.1. The fourth-order valence-electron chi connectivity index (χ4n) is 9.16. The van der Waals surface area contributed by atoms with Crippen LogP contribution in [0.1, 0.15) is 0 Å². The molecule has 0 aliphatic heterocycles. The maximum absolute atomic E-state index is 6.70. The quantitative estimate of drug-likeness (QED) is 0.157. The number of para-hydroxylation sites is 3. The molecule has 0 fully saturated rings. The lowest BCUT2D eigenvalue weighted by Crippen LogP contribution is -2.12. The lowest BCUT2D eigenvalue weighted by Gasteiger charge is -2.30. The van der Waals surface area contributed by atoms with Gasteiger partial charge in [-0.2, -0.15) is 0 Å². The molecule has 2 nitrogen and oxygen atoms in total. The summed E-state index contributed by atoms with van der Waals surface area (Å²) in [5, 5.41) is 9.78. The number of thiophene rings is 1. The Kier molecular flexibility index (Phi) is 7.75. The predicted octanol–water partition coefficient (Wildman–Crippen LogP) is 16.7. The van der Waals surface area contributed by atoms with E-state index in [0.717, 1.165) is 66.8 Å². The molecule has 0 N–H and O–H groups in total. The maximum atomic E-state index is 6.70. The minimum absolute atomic E-state index is 0.890. The van der Waals surface area contributed by atoms with Gasteiger partial charge < -0.3 is 9.32 Å². The first-order valence-corrected chi connectivity index (χ1v) is 20.9. The SMILES string of the molecule is c1ccc(-c2ccc(-c3cc4ccccc4c4ccccc34)cc2N(c2ccc3c(c2)sc2ccccc23)c2ccccc2-c2cccc3c2oc2ccccc23)cc1. The highest BCUT2D eigenvalue weighted by Gasteiger charge is 2.24. The van der Waals surface area contributed by atoms with Crippen LogP contribution in [0.15, 0.2) is 217 Å². The van der Waals surface area contributed by atoms with Crippen LogP contribution < -0.4 is 4.90 Å². The molecule has 0 unspecified atom stereocenters. The molecule has 0 aliphatic carbocycles. The second kappa shape index (κ2) is 13.6. The van der Waals surface area contributed by atoms with E-state index in [1.807, 2.05) is 17.4 Å². The number of benzene rings is 10. The van der Waals surface area contributed by atoms with Crippen molar-refractivity contribution in [3.8, 4) is 33.4 Å². The summed E-state index contributed by atoms with van der Waals surface area (Å²) >= 11 is 1.85. The first kappa shape index (κ1) is 33.7. The highest BCUT2D eigenvalue weighted by Crippen LogP contribution is 2.49. The smallest absolute Gasteiger partial charge is 0.143 e. The molecule has 0 amide bonds.